The summed E-state index contributed by atoms with van der Waals surface area (Å²) in [7, 11) is 0. The molecule has 10 heteroatoms. The van der Waals surface area contributed by atoms with Crippen molar-refractivity contribution in [2.75, 3.05) is 0 Å². The summed E-state index contributed by atoms with van der Waals surface area (Å²) in [6.45, 7) is 0. The number of allylic oxidation sites excluding steroid dienone is 2. The van der Waals surface area contributed by atoms with Gasteiger partial charge in [-0.25, -0.2) is 15.0 Å². The van der Waals surface area contributed by atoms with E-state index in [0.29, 0.717) is 17.5 Å². The molecule has 0 amide bonds. The molecule has 2 atom stereocenters. The van der Waals surface area contributed by atoms with Crippen molar-refractivity contribution in [2.24, 2.45) is 0 Å². The lowest BCUT2D eigenvalue weighted by molar-refractivity contribution is 0.278. The van der Waals surface area contributed by atoms with Gasteiger partial charge in [0.2, 0.25) is 0 Å². The Balaban J connectivity index is 0.571. The number of rotatable bonds is 11. The third-order valence-electron chi connectivity index (χ3n) is 23.6. The molecule has 538 valence electrons. The van der Waals surface area contributed by atoms with Crippen LogP contribution in [0.2, 0.25) is 0 Å². The second-order valence-corrected chi connectivity index (χ2v) is 30.9. The van der Waals surface area contributed by atoms with Gasteiger partial charge in [0.15, 0.2) is 28.6 Å². The van der Waals surface area contributed by atoms with Gasteiger partial charge in [-0.1, -0.05) is 271 Å². The summed E-state index contributed by atoms with van der Waals surface area (Å²) in [5, 5.41) is 10.6. The lowest BCUT2D eigenvalue weighted by Gasteiger charge is -2.23. The van der Waals surface area contributed by atoms with Crippen molar-refractivity contribution in [3.8, 4) is 107 Å². The fourth-order valence-electron chi connectivity index (χ4n) is 18.3. The number of furan rings is 3. The van der Waals surface area contributed by atoms with Gasteiger partial charge in [-0.05, 0) is 170 Å². The zero-order valence-electron chi connectivity index (χ0n) is 61.5. The fraction of sp³-hybridized carbons (Fsp3) is 0.0190. The summed E-state index contributed by atoms with van der Waals surface area (Å²) in [5.41, 5.74) is 28.1. The first-order valence-electron chi connectivity index (χ1n) is 38.8. The van der Waals surface area contributed by atoms with Crippen molar-refractivity contribution < 1.29 is 18.0 Å². The topological polar surface area (TPSA) is 97.2 Å². The molecule has 7 heterocycles. The van der Waals surface area contributed by atoms with E-state index in [1.54, 1.807) is 0 Å². The maximum absolute atomic E-state index is 7.20. The van der Waals surface area contributed by atoms with Crippen LogP contribution in [0.15, 0.2) is 382 Å². The highest BCUT2D eigenvalue weighted by molar-refractivity contribution is 9.10. The Labute approximate surface area is 667 Å². The number of nitrogens with zero attached hydrogens (tertiary/aromatic N) is 5. The summed E-state index contributed by atoms with van der Waals surface area (Å²) >= 11 is 3.99. The van der Waals surface area contributed by atoms with E-state index >= 15 is 0 Å². The predicted octanol–water partition coefficient (Wildman–Crippen LogP) is 28.4. The van der Waals surface area contributed by atoms with E-state index in [-0.39, 0.29) is 12.0 Å². The second kappa shape index (κ2) is 25.7. The van der Waals surface area contributed by atoms with Gasteiger partial charge in [0.05, 0.1) is 33.4 Å². The summed E-state index contributed by atoms with van der Waals surface area (Å²) in [6.07, 6.45) is 6.29. The van der Waals surface area contributed by atoms with Gasteiger partial charge < -0.3 is 27.1 Å². The van der Waals surface area contributed by atoms with Gasteiger partial charge >= 0.3 is 0 Å². The average Bonchev–Trinajstić information content (AvgIpc) is 1.57. The van der Waals surface area contributed by atoms with Crippen LogP contribution in [0.5, 0.6) is 5.75 Å². The summed E-state index contributed by atoms with van der Waals surface area (Å²) in [6, 6.07) is 123. The molecule has 0 saturated carbocycles. The zero-order valence-corrected chi connectivity index (χ0v) is 63.1. The van der Waals surface area contributed by atoms with Crippen LogP contribution in [0, 0.1) is 0 Å². The quantitative estimate of drug-likeness (QED) is 0.127. The van der Waals surface area contributed by atoms with Crippen LogP contribution in [0.3, 0.4) is 0 Å². The maximum Gasteiger partial charge on any atom is 0.164 e. The summed E-state index contributed by atoms with van der Waals surface area (Å²) in [4.78, 5) is 16.0. The van der Waals surface area contributed by atoms with Gasteiger partial charge in [-0.15, -0.1) is 0 Å². The molecule has 0 saturated heterocycles. The van der Waals surface area contributed by atoms with Crippen molar-refractivity contribution in [1.82, 2.24) is 24.1 Å². The first kappa shape index (κ1) is 65.0. The number of para-hydroxylation sites is 3. The smallest absolute Gasteiger partial charge is 0.164 e. The Bertz CT molecular complexity index is 7920. The molecule has 0 radical (unpaired) electrons. The minimum atomic E-state index is -0.306. The Hall–Kier alpha value is -14.7. The van der Waals surface area contributed by atoms with Gasteiger partial charge in [0.1, 0.15) is 34.2 Å². The molecule has 2 aliphatic rings. The van der Waals surface area contributed by atoms with Crippen LogP contribution in [0.25, 0.3) is 216 Å². The van der Waals surface area contributed by atoms with Crippen LogP contribution >= 0.6 is 15.9 Å². The molecule has 0 fully saturated rings. The molecule has 9 nitrogen and oxygen atoms in total. The van der Waals surface area contributed by atoms with E-state index < -0.39 is 0 Å². The van der Waals surface area contributed by atoms with E-state index in [1.807, 2.05) is 48.5 Å². The number of benzene rings is 16. The summed E-state index contributed by atoms with van der Waals surface area (Å²) in [5.74, 6) is 2.31. The van der Waals surface area contributed by atoms with Crippen LogP contribution in [0.1, 0.15) is 17.0 Å². The molecule has 1 aliphatic carbocycles. The lowest BCUT2D eigenvalue weighted by Crippen LogP contribution is -2.21. The van der Waals surface area contributed by atoms with Crippen LogP contribution in [-0.4, -0.2) is 30.2 Å². The Morgan fingerprint density at radius 2 is 0.783 bits per heavy atom. The van der Waals surface area contributed by atoms with Gasteiger partial charge in [0.25, 0.3) is 0 Å². The lowest BCUT2D eigenvalue weighted by atomic mass is 9.84. The summed E-state index contributed by atoms with van der Waals surface area (Å²) < 4.78 is 34.0. The molecule has 22 aromatic rings. The second-order valence-electron chi connectivity index (χ2n) is 30.1. The molecular weight excluding hydrogens is 1480 g/mol. The molecule has 0 N–H and O–H groups in total. The minimum absolute atomic E-state index is 0.0450. The van der Waals surface area contributed by atoms with Crippen molar-refractivity contribution in [2.45, 2.75) is 12.0 Å². The first-order valence-corrected chi connectivity index (χ1v) is 39.6. The third kappa shape index (κ3) is 10.4. The van der Waals surface area contributed by atoms with Crippen LogP contribution < -0.4 is 4.74 Å². The molecular formula is C105H62BrN5O4. The van der Waals surface area contributed by atoms with E-state index in [4.69, 9.17) is 32.9 Å². The van der Waals surface area contributed by atoms with Crippen molar-refractivity contribution in [3.63, 3.8) is 0 Å². The van der Waals surface area contributed by atoms with E-state index in [9.17, 15) is 0 Å². The van der Waals surface area contributed by atoms with Gasteiger partial charge in [-0.2, -0.15) is 0 Å². The van der Waals surface area contributed by atoms with E-state index in [0.717, 1.165) is 181 Å². The zero-order chi connectivity index (χ0) is 75.5. The number of hydrogen-bond donors (Lipinski definition) is 0. The molecule has 1 aliphatic heterocycles. The van der Waals surface area contributed by atoms with Crippen molar-refractivity contribution in [3.05, 3.63) is 380 Å². The highest BCUT2D eigenvalue weighted by atomic mass is 79.9. The monoisotopic (exact) mass is 1540 g/mol. The largest absolute Gasteiger partial charge is 0.484 e. The molecule has 24 rings (SSSR count). The standard InChI is InChI=1S/C105H62BrN5O4/c106-85-48-52-91(111-87-37-14-11-31-76(87)83-57-69(43-50-89(83)111)67-29-17-27-65(55-67)62-22-6-2-7-23-62)102-99(85)80-46-40-71(59-96(80)115-102)74-33-18-34-78-77-45-41-72(60-95(77)114-100(74)78)104-107-103(63-24-8-3-9-25-63)108-105(109-104)81-35-19-39-94-97(81)84-58-70(44-53-93(84)112-94)73-47-51-90(101-98(73)79-32-12-15-38-92(79)113-101)110-86-36-13-10-30-75(86)82-56-68(42-49-88(82)110)66-28-16-26-64(54-66)61-20-4-1-5-21-61/h1-60,78,100H. The first-order chi connectivity index (χ1) is 56.9. The maximum atomic E-state index is 7.20. The number of aromatic nitrogens is 5. The molecule has 115 heavy (non-hydrogen) atoms. The minimum Gasteiger partial charge on any atom is -0.484 e. The number of hydrogen-bond acceptors (Lipinski definition) is 7. The van der Waals surface area contributed by atoms with E-state index in [2.05, 4.69) is 341 Å². The Morgan fingerprint density at radius 3 is 1.47 bits per heavy atom. The van der Waals surface area contributed by atoms with E-state index in [1.165, 1.54) is 38.6 Å². The highest BCUT2D eigenvalue weighted by Gasteiger charge is 2.38. The van der Waals surface area contributed by atoms with Crippen LogP contribution in [0.4, 0.5) is 0 Å². The highest BCUT2D eigenvalue weighted by Crippen LogP contribution is 2.51. The molecule has 16 aromatic carbocycles. The number of fused-ring (bicyclic) bond motifs is 18. The predicted molar refractivity (Wildman–Crippen MR) is 472 cm³/mol. The number of halogens is 1. The molecule has 0 spiro atoms. The third-order valence-corrected chi connectivity index (χ3v) is 24.3. The van der Waals surface area contributed by atoms with Crippen molar-refractivity contribution in [1.29, 1.82) is 0 Å². The number of ether oxygens (including phenoxy) is 1. The van der Waals surface area contributed by atoms with Gasteiger partial charge in [0, 0.05) is 92.1 Å². The SMILES string of the molecule is Brc1ccc(-n2c3ccccc3c3cc(-c4cccc(-c5ccccc5)c4)ccc32)c2oc3cc(C4=CC=CC5c6ccc(-c7nc(-c8ccccc8)nc(-c8cccc9oc%10ccc(-c%11ccc(-n%12c%13ccccc%13c%13cc(-c%14cccc(-c%15ccccc%15)c%14)ccc%13%12)c%12oc%13ccccc%13c%11%12)cc%10c89)n7)cc6OC45)ccc3c12. The molecule has 6 aromatic heterocycles. The molecule has 2 unspecified atom stereocenters. The molecule has 0 bridgehead atoms. The van der Waals surface area contributed by atoms with Gasteiger partial charge in [-0.3, -0.25) is 0 Å². The Kier molecular flexibility index (Phi) is 14.5. The van der Waals surface area contributed by atoms with Crippen LogP contribution in [-0.2, 0) is 0 Å². The average molecular weight is 1540 g/mol. The van der Waals surface area contributed by atoms with Crippen molar-refractivity contribution >= 4 is 131 Å². The fourth-order valence-corrected chi connectivity index (χ4v) is 18.8. The Morgan fingerprint density at radius 1 is 0.287 bits per heavy atom. The normalized spacial score (nSPS) is 14.0.